The maximum atomic E-state index is 13.9. The molecule has 1 fully saturated rings. The molecule has 1 saturated heterocycles. The van der Waals surface area contributed by atoms with Gasteiger partial charge in [-0.05, 0) is 55.7 Å². The predicted octanol–water partition coefficient (Wildman–Crippen LogP) is 2.88. The van der Waals surface area contributed by atoms with Crippen LogP contribution in [0.5, 0.6) is 0 Å². The molecular formula is C20H24F3N5. The number of nitrogens with zero attached hydrogens (tertiary/aromatic N) is 3. The largest absolute Gasteiger partial charge is 0.357 e. The van der Waals surface area contributed by atoms with Gasteiger partial charge in [-0.3, -0.25) is 4.99 Å². The number of halogens is 3. The fourth-order valence-corrected chi connectivity index (χ4v) is 3.22. The summed E-state index contributed by atoms with van der Waals surface area (Å²) in [6.07, 6.45) is 2.70. The molecular weight excluding hydrogens is 367 g/mol. The van der Waals surface area contributed by atoms with Crippen molar-refractivity contribution in [3.8, 4) is 0 Å². The fraction of sp³-hybridized carbons (Fsp3) is 0.400. The van der Waals surface area contributed by atoms with Crippen LogP contribution in [-0.2, 0) is 6.42 Å². The molecule has 1 aliphatic rings. The molecule has 2 aromatic rings. The second-order valence-electron chi connectivity index (χ2n) is 6.63. The van der Waals surface area contributed by atoms with Crippen LogP contribution < -0.4 is 15.5 Å². The maximum absolute atomic E-state index is 13.9. The van der Waals surface area contributed by atoms with E-state index < -0.39 is 11.6 Å². The Morgan fingerprint density at radius 2 is 2.11 bits per heavy atom. The Bertz CT molecular complexity index is 827. The number of anilines is 1. The SMILES string of the molecule is CCNC(=NCCc1cc(F)ccc1F)NC1CCN(c2ncccc2F)C1. The Morgan fingerprint density at radius 3 is 2.89 bits per heavy atom. The van der Waals surface area contributed by atoms with Crippen molar-refractivity contribution in [2.75, 3.05) is 31.1 Å². The van der Waals surface area contributed by atoms with E-state index in [-0.39, 0.29) is 11.9 Å². The molecule has 1 aliphatic heterocycles. The molecule has 0 saturated carbocycles. The lowest BCUT2D eigenvalue weighted by atomic mass is 10.1. The normalized spacial score (nSPS) is 17.1. The third kappa shape index (κ3) is 5.15. The summed E-state index contributed by atoms with van der Waals surface area (Å²) < 4.78 is 40.9. The van der Waals surface area contributed by atoms with Gasteiger partial charge in [-0.2, -0.15) is 0 Å². The minimum absolute atomic E-state index is 0.0881. The smallest absolute Gasteiger partial charge is 0.191 e. The standard InChI is InChI=1S/C20H24F3N5/c1-2-24-20(26-10-7-14-12-15(21)5-6-17(14)22)27-16-8-11-28(13-16)19-18(23)4-3-9-25-19/h3-6,9,12,16H,2,7-8,10-11,13H2,1H3,(H2,24,26,27). The Hall–Kier alpha value is -2.77. The van der Waals surface area contributed by atoms with E-state index >= 15 is 0 Å². The Kier molecular flexibility index (Phi) is 6.73. The molecule has 0 aliphatic carbocycles. The zero-order chi connectivity index (χ0) is 19.9. The summed E-state index contributed by atoms with van der Waals surface area (Å²) >= 11 is 0. The topological polar surface area (TPSA) is 52.6 Å². The van der Waals surface area contributed by atoms with Crippen LogP contribution in [0.4, 0.5) is 19.0 Å². The first-order valence-electron chi connectivity index (χ1n) is 9.41. The zero-order valence-corrected chi connectivity index (χ0v) is 15.8. The number of hydrogen-bond acceptors (Lipinski definition) is 3. The van der Waals surface area contributed by atoms with Crippen molar-refractivity contribution in [2.45, 2.75) is 25.8 Å². The van der Waals surface area contributed by atoms with Gasteiger partial charge in [0, 0.05) is 38.4 Å². The highest BCUT2D eigenvalue weighted by atomic mass is 19.1. The summed E-state index contributed by atoms with van der Waals surface area (Å²) in [5.41, 5.74) is 0.303. The summed E-state index contributed by atoms with van der Waals surface area (Å²) in [6.45, 7) is 4.25. The van der Waals surface area contributed by atoms with Crippen LogP contribution in [0.25, 0.3) is 0 Å². The molecule has 1 unspecified atom stereocenters. The molecule has 2 N–H and O–H groups in total. The number of hydrogen-bond donors (Lipinski definition) is 2. The zero-order valence-electron chi connectivity index (χ0n) is 15.8. The average Bonchev–Trinajstić information content (AvgIpc) is 3.13. The summed E-state index contributed by atoms with van der Waals surface area (Å²) in [7, 11) is 0. The van der Waals surface area contributed by atoms with Crippen LogP contribution in [0, 0.1) is 17.5 Å². The van der Waals surface area contributed by atoms with E-state index in [1.165, 1.54) is 12.1 Å². The van der Waals surface area contributed by atoms with E-state index in [4.69, 9.17) is 0 Å². The number of pyridine rings is 1. The highest BCUT2D eigenvalue weighted by Gasteiger charge is 2.25. The quantitative estimate of drug-likeness (QED) is 0.587. The van der Waals surface area contributed by atoms with Crippen molar-refractivity contribution in [1.82, 2.24) is 15.6 Å². The maximum Gasteiger partial charge on any atom is 0.191 e. The molecule has 0 amide bonds. The fourth-order valence-electron chi connectivity index (χ4n) is 3.22. The number of guanidine groups is 1. The molecule has 28 heavy (non-hydrogen) atoms. The minimum Gasteiger partial charge on any atom is -0.357 e. The van der Waals surface area contributed by atoms with Gasteiger partial charge in [-0.25, -0.2) is 18.2 Å². The van der Waals surface area contributed by atoms with Crippen LogP contribution in [-0.4, -0.2) is 43.2 Å². The van der Waals surface area contributed by atoms with Gasteiger partial charge in [0.05, 0.1) is 0 Å². The minimum atomic E-state index is -0.460. The molecule has 3 rings (SSSR count). The summed E-state index contributed by atoms with van der Waals surface area (Å²) in [5, 5.41) is 6.48. The van der Waals surface area contributed by atoms with Crippen molar-refractivity contribution in [3.05, 3.63) is 59.5 Å². The Balaban J connectivity index is 1.58. The second kappa shape index (κ2) is 9.43. The van der Waals surface area contributed by atoms with Crippen molar-refractivity contribution in [3.63, 3.8) is 0 Å². The first kappa shape index (κ1) is 20.0. The highest BCUT2D eigenvalue weighted by molar-refractivity contribution is 5.80. The molecule has 0 bridgehead atoms. The van der Waals surface area contributed by atoms with E-state index in [2.05, 4.69) is 20.6 Å². The average molecular weight is 391 g/mol. The Morgan fingerprint density at radius 1 is 1.25 bits per heavy atom. The van der Waals surface area contributed by atoms with E-state index in [9.17, 15) is 13.2 Å². The summed E-state index contributed by atoms with van der Waals surface area (Å²) in [4.78, 5) is 10.5. The van der Waals surface area contributed by atoms with Crippen molar-refractivity contribution in [2.24, 2.45) is 4.99 Å². The van der Waals surface area contributed by atoms with Gasteiger partial charge in [-0.15, -0.1) is 0 Å². The predicted molar refractivity (Wildman–Crippen MR) is 104 cm³/mol. The third-order valence-electron chi connectivity index (χ3n) is 4.57. The number of benzene rings is 1. The number of rotatable bonds is 6. The molecule has 150 valence electrons. The van der Waals surface area contributed by atoms with Gasteiger partial charge in [0.2, 0.25) is 0 Å². The van der Waals surface area contributed by atoms with Crippen LogP contribution in [0.3, 0.4) is 0 Å². The van der Waals surface area contributed by atoms with E-state index in [1.807, 2.05) is 11.8 Å². The molecule has 2 heterocycles. The lowest BCUT2D eigenvalue weighted by molar-refractivity contribution is 0.584. The highest BCUT2D eigenvalue weighted by Crippen LogP contribution is 2.20. The van der Waals surface area contributed by atoms with Gasteiger partial charge < -0.3 is 15.5 Å². The molecule has 8 heteroatoms. The molecule has 1 aromatic carbocycles. The summed E-state index contributed by atoms with van der Waals surface area (Å²) in [6, 6.07) is 6.49. The van der Waals surface area contributed by atoms with Gasteiger partial charge >= 0.3 is 0 Å². The number of aliphatic imine (C=N–C) groups is 1. The molecule has 5 nitrogen and oxygen atoms in total. The Labute approximate surface area is 162 Å². The van der Waals surface area contributed by atoms with Crippen LogP contribution >= 0.6 is 0 Å². The molecule has 0 radical (unpaired) electrons. The molecule has 1 atom stereocenters. The van der Waals surface area contributed by atoms with E-state index in [0.717, 1.165) is 18.6 Å². The first-order valence-corrected chi connectivity index (χ1v) is 9.41. The summed E-state index contributed by atoms with van der Waals surface area (Å²) in [5.74, 6) is -0.264. The molecule has 0 spiro atoms. The van der Waals surface area contributed by atoms with E-state index in [1.54, 1.807) is 12.3 Å². The second-order valence-corrected chi connectivity index (χ2v) is 6.63. The lowest BCUT2D eigenvalue weighted by Crippen LogP contribution is -2.44. The van der Waals surface area contributed by atoms with Crippen LogP contribution in [0.15, 0.2) is 41.5 Å². The molecule has 1 aromatic heterocycles. The monoisotopic (exact) mass is 391 g/mol. The number of nitrogens with one attached hydrogen (secondary N) is 2. The number of aromatic nitrogens is 1. The third-order valence-corrected chi connectivity index (χ3v) is 4.57. The van der Waals surface area contributed by atoms with Crippen LogP contribution in [0.1, 0.15) is 18.9 Å². The van der Waals surface area contributed by atoms with Gasteiger partial charge in [0.25, 0.3) is 0 Å². The van der Waals surface area contributed by atoms with Crippen molar-refractivity contribution < 1.29 is 13.2 Å². The van der Waals surface area contributed by atoms with Crippen molar-refractivity contribution >= 4 is 11.8 Å². The van der Waals surface area contributed by atoms with Gasteiger partial charge in [0.15, 0.2) is 17.6 Å². The van der Waals surface area contributed by atoms with Crippen molar-refractivity contribution in [1.29, 1.82) is 0 Å². The van der Waals surface area contributed by atoms with Gasteiger partial charge in [-0.1, -0.05) is 0 Å². The van der Waals surface area contributed by atoms with E-state index in [0.29, 0.717) is 49.9 Å². The lowest BCUT2D eigenvalue weighted by Gasteiger charge is -2.20. The van der Waals surface area contributed by atoms with Crippen LogP contribution in [0.2, 0.25) is 0 Å². The van der Waals surface area contributed by atoms with Gasteiger partial charge in [0.1, 0.15) is 11.6 Å². The first-order chi connectivity index (χ1) is 13.6.